The Morgan fingerprint density at radius 3 is 2.18 bits per heavy atom. The third-order valence-electron chi connectivity index (χ3n) is 20.9. The molecule has 1 spiro atoms. The largest absolute Gasteiger partial charge is 0.502 e. The van der Waals surface area contributed by atoms with Crippen molar-refractivity contribution in [3.63, 3.8) is 0 Å². The molecule has 6 heterocycles. The van der Waals surface area contributed by atoms with Gasteiger partial charge < -0.3 is 88.3 Å². The summed E-state index contributed by atoms with van der Waals surface area (Å²) in [7, 11) is 2.81. The minimum atomic E-state index is -1.93. The number of aromatic hydroxyl groups is 1. The third kappa shape index (κ3) is 11.4. The molecule has 4 aliphatic carbocycles. The summed E-state index contributed by atoms with van der Waals surface area (Å²) in [6.07, 6.45) is 4.60. The number of hydrogen-bond donors (Lipinski definition) is 7. The molecule has 14 rings (SSSR count). The number of phenols is 1. The van der Waals surface area contributed by atoms with E-state index in [1.807, 2.05) is 60.6 Å². The van der Waals surface area contributed by atoms with Crippen molar-refractivity contribution in [3.05, 3.63) is 140 Å². The van der Waals surface area contributed by atoms with Crippen LogP contribution in [0.1, 0.15) is 148 Å². The van der Waals surface area contributed by atoms with Crippen LogP contribution in [0.15, 0.2) is 101 Å². The normalized spacial score (nSPS) is 30.1. The van der Waals surface area contributed by atoms with Crippen molar-refractivity contribution in [1.82, 2.24) is 10.6 Å². The summed E-state index contributed by atoms with van der Waals surface area (Å²) in [6.45, 7) is 15.8. The first-order valence-corrected chi connectivity index (χ1v) is 33.3. The van der Waals surface area contributed by atoms with Crippen LogP contribution in [0, 0.1) is 23.7 Å². The molecule has 4 fully saturated rings. The number of methoxy groups -OCH3 is 2. The molecule has 10 unspecified atom stereocenters. The number of carbonyl (C=O) groups is 6. The first kappa shape index (κ1) is 68.5. The van der Waals surface area contributed by atoms with E-state index in [1.165, 1.54) is 45.4 Å². The fraction of sp³-hybridized carbons (Fsp3) is 0.467. The van der Waals surface area contributed by atoms with Gasteiger partial charge in [0.15, 0.2) is 51.5 Å². The number of allylic oxidation sites excluding steroid dienone is 5. The number of Topliss-reactive ketones (excluding diaryl/α,β-unsaturated/α-hetero) is 2. The highest BCUT2D eigenvalue weighted by Crippen LogP contribution is 2.69. The summed E-state index contributed by atoms with van der Waals surface area (Å²) in [5.74, 6) is -6.32. The zero-order valence-corrected chi connectivity index (χ0v) is 56.8. The van der Waals surface area contributed by atoms with Gasteiger partial charge in [-0.15, -0.1) is 0 Å². The fourth-order valence-electron chi connectivity index (χ4n) is 15.9. The maximum absolute atomic E-state index is 16.4. The molecule has 4 bridgehead atoms. The van der Waals surface area contributed by atoms with E-state index in [4.69, 9.17) is 52.1 Å². The van der Waals surface area contributed by atoms with Gasteiger partial charge in [0.2, 0.25) is 24.7 Å². The van der Waals surface area contributed by atoms with Crippen LogP contribution in [-0.2, 0) is 39.8 Å². The zero-order chi connectivity index (χ0) is 70.7. The number of rotatable bonds is 19. The van der Waals surface area contributed by atoms with Crippen molar-refractivity contribution in [2.24, 2.45) is 23.7 Å². The molecule has 24 nitrogen and oxygen atoms in total. The number of esters is 2. The van der Waals surface area contributed by atoms with Gasteiger partial charge in [-0.3, -0.25) is 24.0 Å². The maximum Gasteiger partial charge on any atom is 0.333 e. The lowest BCUT2D eigenvalue weighted by Crippen LogP contribution is -2.72. The Kier molecular flexibility index (Phi) is 17.7. The number of aliphatic hydroxyl groups is 4. The van der Waals surface area contributed by atoms with E-state index in [1.54, 1.807) is 49.4 Å². The molecular formula is C75H82N2O22. The van der Waals surface area contributed by atoms with Gasteiger partial charge in [-0.05, 0) is 165 Å². The Morgan fingerprint density at radius 1 is 0.828 bits per heavy atom. The van der Waals surface area contributed by atoms with E-state index >= 15 is 14.4 Å². The first-order valence-electron chi connectivity index (χ1n) is 33.3. The Bertz CT molecular complexity index is 4170. The lowest BCUT2D eigenvalue weighted by atomic mass is 9.51. The third-order valence-corrected chi connectivity index (χ3v) is 20.9. The second kappa shape index (κ2) is 25.6. The molecule has 10 aliphatic rings. The molecule has 524 valence electrons. The van der Waals surface area contributed by atoms with Gasteiger partial charge in [0.1, 0.15) is 58.9 Å². The smallest absolute Gasteiger partial charge is 0.333 e. The molecule has 99 heavy (non-hydrogen) atoms. The Labute approximate surface area is 571 Å². The zero-order valence-electron chi connectivity index (χ0n) is 56.8. The summed E-state index contributed by atoms with van der Waals surface area (Å²) in [5, 5.41) is 57.6. The average Bonchev–Trinajstić information content (AvgIpc) is 1.53. The van der Waals surface area contributed by atoms with Crippen LogP contribution in [-0.4, -0.2) is 154 Å². The van der Waals surface area contributed by atoms with E-state index in [9.17, 15) is 39.9 Å². The van der Waals surface area contributed by atoms with Crippen LogP contribution in [0.3, 0.4) is 0 Å². The summed E-state index contributed by atoms with van der Waals surface area (Å²) in [6, 6.07) is 10.2. The van der Waals surface area contributed by atoms with Crippen molar-refractivity contribution in [2.45, 2.75) is 166 Å². The fourth-order valence-corrected chi connectivity index (χ4v) is 15.9. The van der Waals surface area contributed by atoms with Gasteiger partial charge in [-0.25, -0.2) is 4.79 Å². The van der Waals surface area contributed by atoms with Crippen LogP contribution in [0.5, 0.6) is 51.7 Å². The van der Waals surface area contributed by atoms with Gasteiger partial charge in [0.25, 0.3) is 5.91 Å². The number of amides is 2. The number of ketones is 2. The molecule has 1 saturated carbocycles. The quantitative estimate of drug-likeness (QED) is 0.0206. The highest BCUT2D eigenvalue weighted by molar-refractivity contribution is 6.19. The van der Waals surface area contributed by atoms with Crippen LogP contribution in [0.4, 0.5) is 0 Å². The Balaban J connectivity index is 0.849. The number of phenolic OH excluding ortho intramolecular Hbond substituents is 1. The van der Waals surface area contributed by atoms with Gasteiger partial charge >= 0.3 is 11.9 Å². The van der Waals surface area contributed by atoms with Gasteiger partial charge in [-0.1, -0.05) is 35.5 Å². The lowest BCUT2D eigenvalue weighted by Gasteiger charge is -2.56. The van der Waals surface area contributed by atoms with E-state index in [2.05, 4.69) is 16.7 Å². The highest BCUT2D eigenvalue weighted by atomic mass is 16.7. The second-order valence-electron chi connectivity index (χ2n) is 28.3. The predicted molar refractivity (Wildman–Crippen MR) is 353 cm³/mol. The molecular weight excluding hydrogens is 1280 g/mol. The number of ether oxygens (including phenoxy) is 11. The van der Waals surface area contributed by atoms with Gasteiger partial charge in [0.05, 0.1) is 50.6 Å². The molecule has 6 aliphatic heterocycles. The highest BCUT2D eigenvalue weighted by Gasteiger charge is 2.81. The predicted octanol–water partition coefficient (Wildman–Crippen LogP) is 7.60. The number of nitrogens with one attached hydrogen (secondary N) is 2. The Morgan fingerprint density at radius 2 is 1.52 bits per heavy atom. The van der Waals surface area contributed by atoms with Crippen molar-refractivity contribution in [3.8, 4) is 51.7 Å². The van der Waals surface area contributed by atoms with Crippen molar-refractivity contribution >= 4 is 41.4 Å². The number of benzene rings is 4. The number of cyclic esters (lactones) is 1. The number of aliphatic hydroxyl groups excluding tert-OH is 4. The molecule has 4 aromatic carbocycles. The molecule has 0 radical (unpaired) electrons. The summed E-state index contributed by atoms with van der Waals surface area (Å²) < 4.78 is 68.3. The number of hydrogen-bond acceptors (Lipinski definition) is 22. The molecule has 4 aromatic rings. The van der Waals surface area contributed by atoms with Crippen molar-refractivity contribution in [2.75, 3.05) is 34.2 Å². The first-order chi connectivity index (χ1) is 47.1. The Hall–Kier alpha value is -9.04. The minimum Gasteiger partial charge on any atom is -0.502 e. The van der Waals surface area contributed by atoms with Crippen LogP contribution in [0.2, 0.25) is 0 Å². The second-order valence-corrected chi connectivity index (χ2v) is 28.3. The van der Waals surface area contributed by atoms with E-state index in [0.717, 1.165) is 11.1 Å². The summed E-state index contributed by atoms with van der Waals surface area (Å²) in [5.41, 5.74) is -1.05. The SMILES string of the molecule is COc1cc(C2c3cc4c(cc3C(NC(=O)/C(C)=C\CC35OC(C)(C)C6CC(C=C7C(=O)c8c(OC(=O)C(C)NC(=O)c9ccc(O[C@@H]%10O[C@H](CO)[C@@H](O)[C@H](O)[C@H]%10O)cc9)c9c(c(CC=C(C)C)c8OC763)OC(C)(CCC=C(C)C)C=C9)C5=O)C3COC(=O)C23)OCO4)cc(OC)c1O. The lowest BCUT2D eigenvalue weighted by molar-refractivity contribution is -0.277. The standard InChI is InChI=1S/C75H82N2O22/c1-34(2)13-12-22-73(9)23-21-43-63(97-73)42(19-14-35(3)4)65-56(64(43)96-69(87)37(6)76-68(86)38-15-17-41(18-16-38)94-71-62(83)61(82)60(81)52(31-78)95-71)58(79)47-25-40-28-53-72(7,8)99-74(66(40)84,75(47,53)98-65)24-20-36(5)67(85)77-57-45-30-49-48(92-33-93-49)29-44(45)54(55-46(57)32-91-70(55)88)39-26-50(89-10)59(80)51(27-39)90-11/h13-18,20-21,23,25-27,29-30,37,40,46,52-55,57,60-62,71,78,80-83H,12,19,22,24,28,31-33H2,1-11H3,(H,76,86)(H,77,85)/b36-20-/t37?,40?,46?,52-,53?,54?,55?,57?,60-,61+,62-,71-,73?,74?,75?/m1/s1. The van der Waals surface area contributed by atoms with Crippen LogP contribution in [0.25, 0.3) is 6.08 Å². The number of carbonyl (C=O) groups excluding carboxylic acids is 6. The van der Waals surface area contributed by atoms with E-state index < -0.39 is 131 Å². The molecule has 3 saturated heterocycles. The van der Waals surface area contributed by atoms with Crippen molar-refractivity contribution < 1.29 is 106 Å². The molecule has 0 aromatic heterocycles. The molecule has 2 amide bonds. The van der Waals surface area contributed by atoms with E-state index in [-0.39, 0.29) is 107 Å². The molecule has 15 atom stereocenters. The molecule has 7 N–H and O–H groups in total. The van der Waals surface area contributed by atoms with Crippen LogP contribution < -0.4 is 48.5 Å². The van der Waals surface area contributed by atoms with Crippen molar-refractivity contribution in [1.29, 1.82) is 0 Å². The van der Waals surface area contributed by atoms with Crippen LogP contribution >= 0.6 is 0 Å². The van der Waals surface area contributed by atoms with Gasteiger partial charge in [-0.2, -0.15) is 0 Å². The van der Waals surface area contributed by atoms with E-state index in [0.29, 0.717) is 46.6 Å². The summed E-state index contributed by atoms with van der Waals surface area (Å²) in [4.78, 5) is 90.0. The number of fused-ring (bicyclic) bond motifs is 5. The summed E-state index contributed by atoms with van der Waals surface area (Å²) >= 11 is 0. The average molecular weight is 1360 g/mol. The topological polar surface area (TPSA) is 329 Å². The van der Waals surface area contributed by atoms with Gasteiger partial charge in [0, 0.05) is 52.4 Å². The molecule has 24 heteroatoms. The minimum absolute atomic E-state index is 0.00494. The maximum atomic E-state index is 16.4. The monoisotopic (exact) mass is 1360 g/mol.